The van der Waals surface area contributed by atoms with Gasteiger partial charge in [0.1, 0.15) is 0 Å². The summed E-state index contributed by atoms with van der Waals surface area (Å²) < 4.78 is 1.84. The van der Waals surface area contributed by atoms with Crippen molar-refractivity contribution in [2.24, 2.45) is 12.5 Å². The first-order valence-electron chi connectivity index (χ1n) is 7.00. The lowest BCUT2D eigenvalue weighted by atomic mass is 9.83. The minimum Gasteiger partial charge on any atom is -0.349 e. The highest BCUT2D eigenvalue weighted by molar-refractivity contribution is 5.83. The summed E-state index contributed by atoms with van der Waals surface area (Å²) in [7, 11) is 1.92. The van der Waals surface area contributed by atoms with E-state index < -0.39 is 0 Å². The Hall–Kier alpha value is -1.36. The highest BCUT2D eigenvalue weighted by Crippen LogP contribution is 2.30. The zero-order chi connectivity index (χ0) is 14.0. The number of nitrogens with one attached hydrogen (secondary N) is 2. The molecule has 106 valence electrons. The Morgan fingerprint density at radius 1 is 1.68 bits per heavy atom. The van der Waals surface area contributed by atoms with E-state index in [9.17, 15) is 4.79 Å². The average Bonchev–Trinajstić information content (AvgIpc) is 2.99. The van der Waals surface area contributed by atoms with E-state index in [-0.39, 0.29) is 17.4 Å². The molecule has 2 heterocycles. The molecule has 1 aliphatic rings. The van der Waals surface area contributed by atoms with Gasteiger partial charge in [-0.3, -0.25) is 9.48 Å². The number of carbonyl (C=O) groups excluding carboxylic acids is 1. The molecule has 0 aromatic carbocycles. The van der Waals surface area contributed by atoms with Crippen LogP contribution in [0.25, 0.3) is 0 Å². The molecule has 2 rings (SSSR count). The third kappa shape index (κ3) is 2.52. The quantitative estimate of drug-likeness (QED) is 0.861. The van der Waals surface area contributed by atoms with Crippen molar-refractivity contribution in [2.75, 3.05) is 13.1 Å². The molecule has 5 heteroatoms. The lowest BCUT2D eigenvalue weighted by Gasteiger charge is -2.27. The maximum atomic E-state index is 12.5. The number of hydrogen-bond acceptors (Lipinski definition) is 3. The summed E-state index contributed by atoms with van der Waals surface area (Å²) in [6.07, 6.45) is 3.64. The molecule has 19 heavy (non-hydrogen) atoms. The number of aryl methyl sites for hydroxylation is 1. The van der Waals surface area contributed by atoms with E-state index in [4.69, 9.17) is 0 Å². The SMILES string of the molecule is CCC1(C(=O)NC(C)c2cnn(C)c2C)CCNC1. The van der Waals surface area contributed by atoms with Gasteiger partial charge in [-0.2, -0.15) is 5.10 Å². The van der Waals surface area contributed by atoms with Crippen molar-refractivity contribution in [3.8, 4) is 0 Å². The second-order valence-corrected chi connectivity index (χ2v) is 5.56. The maximum absolute atomic E-state index is 12.5. The Labute approximate surface area is 114 Å². The number of carbonyl (C=O) groups is 1. The second kappa shape index (κ2) is 5.33. The Morgan fingerprint density at radius 3 is 2.89 bits per heavy atom. The van der Waals surface area contributed by atoms with Gasteiger partial charge in [-0.25, -0.2) is 0 Å². The lowest BCUT2D eigenvalue weighted by molar-refractivity contribution is -0.131. The summed E-state index contributed by atoms with van der Waals surface area (Å²) in [6, 6.07) is 0.00484. The first-order valence-corrected chi connectivity index (χ1v) is 7.00. The first-order chi connectivity index (χ1) is 9.00. The Bertz CT molecular complexity index is 460. The van der Waals surface area contributed by atoms with Crippen LogP contribution in [0.1, 0.15) is 44.0 Å². The van der Waals surface area contributed by atoms with Crippen LogP contribution in [0.5, 0.6) is 0 Å². The summed E-state index contributed by atoms with van der Waals surface area (Å²) in [5.74, 6) is 0.163. The normalized spacial score (nSPS) is 24.4. The van der Waals surface area contributed by atoms with Crippen LogP contribution in [0.2, 0.25) is 0 Å². The predicted octanol–water partition coefficient (Wildman–Crippen LogP) is 1.30. The minimum absolute atomic E-state index is 0.00484. The molecule has 1 amide bonds. The smallest absolute Gasteiger partial charge is 0.228 e. The van der Waals surface area contributed by atoms with Crippen LogP contribution in [-0.2, 0) is 11.8 Å². The average molecular weight is 264 g/mol. The first kappa shape index (κ1) is 14.1. The molecule has 0 aliphatic carbocycles. The molecule has 1 fully saturated rings. The van der Waals surface area contributed by atoms with E-state index in [0.29, 0.717) is 0 Å². The number of aromatic nitrogens is 2. The molecule has 5 nitrogen and oxygen atoms in total. The highest BCUT2D eigenvalue weighted by Gasteiger charge is 2.39. The van der Waals surface area contributed by atoms with Crippen molar-refractivity contribution in [1.82, 2.24) is 20.4 Å². The summed E-state index contributed by atoms with van der Waals surface area (Å²) in [5.41, 5.74) is 1.96. The number of nitrogens with zero attached hydrogens (tertiary/aromatic N) is 2. The van der Waals surface area contributed by atoms with Crippen molar-refractivity contribution < 1.29 is 4.79 Å². The standard InChI is InChI=1S/C14H24N4O/c1-5-14(6-7-15-9-14)13(19)17-10(2)12-8-16-18(4)11(12)3/h8,10,15H,5-7,9H2,1-4H3,(H,17,19). The van der Waals surface area contributed by atoms with Crippen LogP contribution >= 0.6 is 0 Å². The summed E-state index contributed by atoms with van der Waals surface area (Å²) in [6.45, 7) is 7.85. The minimum atomic E-state index is -0.232. The Balaban J connectivity index is 2.08. The van der Waals surface area contributed by atoms with E-state index in [1.165, 1.54) is 0 Å². The van der Waals surface area contributed by atoms with Crippen LogP contribution in [0, 0.1) is 12.3 Å². The van der Waals surface area contributed by atoms with Crippen molar-refractivity contribution in [2.45, 2.75) is 39.7 Å². The van der Waals surface area contributed by atoms with Crippen molar-refractivity contribution in [1.29, 1.82) is 0 Å². The number of amides is 1. The van der Waals surface area contributed by atoms with Gasteiger partial charge in [0, 0.05) is 24.8 Å². The largest absolute Gasteiger partial charge is 0.349 e. The molecule has 0 radical (unpaired) electrons. The van der Waals surface area contributed by atoms with Crippen LogP contribution < -0.4 is 10.6 Å². The monoisotopic (exact) mass is 264 g/mol. The van der Waals surface area contributed by atoms with Gasteiger partial charge in [-0.1, -0.05) is 6.92 Å². The fourth-order valence-corrected chi connectivity index (χ4v) is 2.77. The highest BCUT2D eigenvalue weighted by atomic mass is 16.2. The van der Waals surface area contributed by atoms with Gasteiger partial charge in [0.15, 0.2) is 0 Å². The van der Waals surface area contributed by atoms with Gasteiger partial charge >= 0.3 is 0 Å². The zero-order valence-electron chi connectivity index (χ0n) is 12.3. The number of hydrogen-bond donors (Lipinski definition) is 2. The van der Waals surface area contributed by atoms with Crippen molar-refractivity contribution >= 4 is 5.91 Å². The van der Waals surface area contributed by atoms with Gasteiger partial charge in [0.05, 0.1) is 17.7 Å². The van der Waals surface area contributed by atoms with Crippen LogP contribution in [-0.4, -0.2) is 28.8 Å². The van der Waals surface area contributed by atoms with Crippen LogP contribution in [0.4, 0.5) is 0 Å². The van der Waals surface area contributed by atoms with E-state index in [2.05, 4.69) is 22.7 Å². The Kier molecular flexibility index (Phi) is 3.94. The summed E-state index contributed by atoms with van der Waals surface area (Å²) >= 11 is 0. The molecule has 2 atom stereocenters. The molecule has 1 saturated heterocycles. The van der Waals surface area contributed by atoms with Gasteiger partial charge in [-0.05, 0) is 33.2 Å². The molecular weight excluding hydrogens is 240 g/mol. The number of rotatable bonds is 4. The molecule has 2 N–H and O–H groups in total. The maximum Gasteiger partial charge on any atom is 0.228 e. The molecule has 0 bridgehead atoms. The van der Waals surface area contributed by atoms with Gasteiger partial charge in [0.2, 0.25) is 5.91 Å². The second-order valence-electron chi connectivity index (χ2n) is 5.56. The van der Waals surface area contributed by atoms with E-state index in [1.54, 1.807) is 0 Å². The molecule has 2 unspecified atom stereocenters. The Morgan fingerprint density at radius 2 is 2.42 bits per heavy atom. The van der Waals surface area contributed by atoms with Crippen LogP contribution in [0.15, 0.2) is 6.20 Å². The summed E-state index contributed by atoms with van der Waals surface area (Å²) in [5, 5.41) is 10.7. The van der Waals surface area contributed by atoms with Gasteiger partial charge in [0.25, 0.3) is 0 Å². The molecule has 1 aliphatic heterocycles. The van der Waals surface area contributed by atoms with Crippen LogP contribution in [0.3, 0.4) is 0 Å². The van der Waals surface area contributed by atoms with Crippen molar-refractivity contribution in [3.05, 3.63) is 17.5 Å². The van der Waals surface area contributed by atoms with E-state index in [0.717, 1.165) is 37.2 Å². The summed E-state index contributed by atoms with van der Waals surface area (Å²) in [4.78, 5) is 12.5. The molecule has 1 aromatic heterocycles. The third-order valence-corrected chi connectivity index (χ3v) is 4.49. The molecule has 0 spiro atoms. The molecule has 0 saturated carbocycles. The van der Waals surface area contributed by atoms with E-state index in [1.807, 2.05) is 31.8 Å². The van der Waals surface area contributed by atoms with Gasteiger partial charge in [-0.15, -0.1) is 0 Å². The van der Waals surface area contributed by atoms with Crippen molar-refractivity contribution in [3.63, 3.8) is 0 Å². The third-order valence-electron chi connectivity index (χ3n) is 4.49. The predicted molar refractivity (Wildman–Crippen MR) is 74.7 cm³/mol. The fourth-order valence-electron chi connectivity index (χ4n) is 2.77. The lowest BCUT2D eigenvalue weighted by Crippen LogP contribution is -2.43. The molecule has 1 aromatic rings. The fraction of sp³-hybridized carbons (Fsp3) is 0.714. The topological polar surface area (TPSA) is 59.0 Å². The van der Waals surface area contributed by atoms with Gasteiger partial charge < -0.3 is 10.6 Å². The molecular formula is C14H24N4O. The van der Waals surface area contributed by atoms with E-state index >= 15 is 0 Å². The zero-order valence-corrected chi connectivity index (χ0v) is 12.3.